The maximum Gasteiger partial charge on any atom is 0.244 e. The highest BCUT2D eigenvalue weighted by atomic mass is 16.2. The number of amides is 2. The van der Waals surface area contributed by atoms with Crippen LogP contribution in [0.3, 0.4) is 0 Å². The van der Waals surface area contributed by atoms with Crippen LogP contribution in [0.1, 0.15) is 20.8 Å². The monoisotopic (exact) mass is 170 g/mol. The number of piperazine rings is 1. The zero-order valence-electron chi connectivity index (χ0n) is 7.60. The minimum absolute atomic E-state index is 0.148. The van der Waals surface area contributed by atoms with E-state index >= 15 is 0 Å². The lowest BCUT2D eigenvalue weighted by Gasteiger charge is -2.32. The van der Waals surface area contributed by atoms with Crippen LogP contribution in [0.4, 0.5) is 0 Å². The summed E-state index contributed by atoms with van der Waals surface area (Å²) in [6.45, 7) is 6.10. The summed E-state index contributed by atoms with van der Waals surface area (Å²) in [6, 6.07) is -0.268. The molecule has 0 saturated carbocycles. The van der Waals surface area contributed by atoms with Gasteiger partial charge in [-0.1, -0.05) is 20.8 Å². The van der Waals surface area contributed by atoms with Gasteiger partial charge in [0.25, 0.3) is 0 Å². The van der Waals surface area contributed by atoms with Crippen LogP contribution < -0.4 is 10.6 Å². The number of carbonyl (C=O) groups is 2. The van der Waals surface area contributed by atoms with Crippen LogP contribution in [-0.2, 0) is 9.59 Å². The summed E-state index contributed by atoms with van der Waals surface area (Å²) in [6.07, 6.45) is 0. The van der Waals surface area contributed by atoms with Gasteiger partial charge in [0.1, 0.15) is 0 Å². The SMILES string of the molecule is CC(C)(C)C1NCC(=O)NC1=O. The van der Waals surface area contributed by atoms with Crippen LogP contribution in [-0.4, -0.2) is 24.4 Å². The predicted octanol–water partition coefficient (Wildman–Crippen LogP) is -0.353. The average Bonchev–Trinajstić information content (AvgIpc) is 1.83. The zero-order chi connectivity index (χ0) is 9.35. The van der Waals surface area contributed by atoms with Crippen molar-refractivity contribution in [3.8, 4) is 0 Å². The Morgan fingerprint density at radius 2 is 1.92 bits per heavy atom. The van der Waals surface area contributed by atoms with Gasteiger partial charge in [0.15, 0.2) is 0 Å². The Kier molecular flexibility index (Phi) is 2.19. The average molecular weight is 170 g/mol. The molecule has 4 heteroatoms. The van der Waals surface area contributed by atoms with E-state index in [0.29, 0.717) is 0 Å². The number of hydrogen-bond donors (Lipinski definition) is 2. The summed E-state index contributed by atoms with van der Waals surface area (Å²) in [5.74, 6) is -0.473. The van der Waals surface area contributed by atoms with E-state index in [1.54, 1.807) is 0 Å². The summed E-state index contributed by atoms with van der Waals surface area (Å²) >= 11 is 0. The molecule has 0 spiro atoms. The van der Waals surface area contributed by atoms with Crippen molar-refractivity contribution < 1.29 is 9.59 Å². The van der Waals surface area contributed by atoms with E-state index in [2.05, 4.69) is 10.6 Å². The van der Waals surface area contributed by atoms with Gasteiger partial charge < -0.3 is 0 Å². The molecule has 0 aliphatic carbocycles. The number of nitrogens with one attached hydrogen (secondary N) is 2. The molecule has 0 bridgehead atoms. The molecule has 0 aromatic heterocycles. The molecule has 1 rings (SSSR count). The number of hydrogen-bond acceptors (Lipinski definition) is 3. The third kappa shape index (κ3) is 1.82. The van der Waals surface area contributed by atoms with Gasteiger partial charge in [0.2, 0.25) is 11.8 Å². The second-order valence-corrected chi connectivity index (χ2v) is 4.09. The Balaban J connectivity index is 2.69. The maximum atomic E-state index is 11.3. The molecule has 68 valence electrons. The highest BCUT2D eigenvalue weighted by molar-refractivity contribution is 6.01. The Morgan fingerprint density at radius 1 is 1.33 bits per heavy atom. The van der Waals surface area contributed by atoms with Crippen LogP contribution >= 0.6 is 0 Å². The van der Waals surface area contributed by atoms with Crippen molar-refractivity contribution in [3.05, 3.63) is 0 Å². The molecule has 1 saturated heterocycles. The molecule has 12 heavy (non-hydrogen) atoms. The smallest absolute Gasteiger partial charge is 0.244 e. The van der Waals surface area contributed by atoms with Crippen molar-refractivity contribution >= 4 is 11.8 Å². The summed E-state index contributed by atoms with van der Waals surface area (Å²) in [5, 5.41) is 5.19. The molecule has 2 N–H and O–H groups in total. The van der Waals surface area contributed by atoms with Gasteiger partial charge in [-0.05, 0) is 5.41 Å². The number of rotatable bonds is 0. The van der Waals surface area contributed by atoms with Gasteiger partial charge in [-0.2, -0.15) is 0 Å². The summed E-state index contributed by atoms with van der Waals surface area (Å²) in [7, 11) is 0. The van der Waals surface area contributed by atoms with Crippen molar-refractivity contribution in [2.75, 3.05) is 6.54 Å². The summed E-state index contributed by atoms with van der Waals surface area (Å²) < 4.78 is 0. The predicted molar refractivity (Wildman–Crippen MR) is 44.4 cm³/mol. The normalized spacial score (nSPS) is 25.4. The molecule has 1 unspecified atom stereocenters. The molecule has 1 aliphatic heterocycles. The topological polar surface area (TPSA) is 58.2 Å². The largest absolute Gasteiger partial charge is 0.297 e. The van der Waals surface area contributed by atoms with Gasteiger partial charge in [0.05, 0.1) is 12.6 Å². The van der Waals surface area contributed by atoms with Crippen molar-refractivity contribution in [1.82, 2.24) is 10.6 Å². The second kappa shape index (κ2) is 2.86. The number of carbonyl (C=O) groups excluding carboxylic acids is 2. The molecule has 1 fully saturated rings. The van der Waals surface area contributed by atoms with Crippen LogP contribution in [0.15, 0.2) is 0 Å². The summed E-state index contributed by atoms with van der Waals surface area (Å²) in [5.41, 5.74) is -0.148. The lowest BCUT2D eigenvalue weighted by atomic mass is 9.85. The van der Waals surface area contributed by atoms with E-state index in [9.17, 15) is 9.59 Å². The molecule has 1 heterocycles. The highest BCUT2D eigenvalue weighted by Crippen LogP contribution is 2.20. The molecule has 2 amide bonds. The van der Waals surface area contributed by atoms with Crippen LogP contribution in [0.25, 0.3) is 0 Å². The molecular weight excluding hydrogens is 156 g/mol. The van der Waals surface area contributed by atoms with E-state index < -0.39 is 0 Å². The fourth-order valence-corrected chi connectivity index (χ4v) is 1.24. The minimum atomic E-state index is -0.268. The van der Waals surface area contributed by atoms with Gasteiger partial charge >= 0.3 is 0 Å². The fraction of sp³-hybridized carbons (Fsp3) is 0.750. The van der Waals surface area contributed by atoms with E-state index in [1.807, 2.05) is 20.8 Å². The van der Waals surface area contributed by atoms with Gasteiger partial charge in [-0.25, -0.2) is 0 Å². The molecule has 0 aromatic rings. The van der Waals surface area contributed by atoms with Crippen LogP contribution in [0, 0.1) is 5.41 Å². The fourth-order valence-electron chi connectivity index (χ4n) is 1.24. The Labute approximate surface area is 71.7 Å². The minimum Gasteiger partial charge on any atom is -0.297 e. The number of imide groups is 1. The summed E-state index contributed by atoms with van der Waals surface area (Å²) in [4.78, 5) is 22.0. The standard InChI is InChI=1S/C8H14N2O2/c1-8(2,3)6-7(12)10-5(11)4-9-6/h6,9H,4H2,1-3H3,(H,10,11,12). The molecular formula is C8H14N2O2. The first-order chi connectivity index (χ1) is 5.41. The Morgan fingerprint density at radius 3 is 2.33 bits per heavy atom. The third-order valence-corrected chi connectivity index (χ3v) is 1.86. The Bertz CT molecular complexity index is 218. The van der Waals surface area contributed by atoms with Crippen molar-refractivity contribution in [3.63, 3.8) is 0 Å². The Hall–Kier alpha value is -0.900. The highest BCUT2D eigenvalue weighted by Gasteiger charge is 2.34. The lowest BCUT2D eigenvalue weighted by molar-refractivity contribution is -0.136. The van der Waals surface area contributed by atoms with E-state index in [-0.39, 0.29) is 29.8 Å². The van der Waals surface area contributed by atoms with Crippen LogP contribution in [0.2, 0.25) is 0 Å². The lowest BCUT2D eigenvalue weighted by Crippen LogP contribution is -2.60. The van der Waals surface area contributed by atoms with Crippen LogP contribution in [0.5, 0.6) is 0 Å². The third-order valence-electron chi connectivity index (χ3n) is 1.86. The maximum absolute atomic E-state index is 11.3. The molecule has 1 aliphatic rings. The van der Waals surface area contributed by atoms with Crippen molar-refractivity contribution in [1.29, 1.82) is 0 Å². The van der Waals surface area contributed by atoms with Gasteiger partial charge in [-0.15, -0.1) is 0 Å². The second-order valence-electron chi connectivity index (χ2n) is 4.09. The first-order valence-corrected chi connectivity index (χ1v) is 3.98. The van der Waals surface area contributed by atoms with E-state index in [4.69, 9.17) is 0 Å². The quantitative estimate of drug-likeness (QED) is 0.488. The molecule has 0 radical (unpaired) electrons. The van der Waals surface area contributed by atoms with E-state index in [0.717, 1.165) is 0 Å². The van der Waals surface area contributed by atoms with Gasteiger partial charge in [0, 0.05) is 0 Å². The van der Waals surface area contributed by atoms with Crippen molar-refractivity contribution in [2.45, 2.75) is 26.8 Å². The molecule has 1 atom stereocenters. The van der Waals surface area contributed by atoms with Crippen molar-refractivity contribution in [2.24, 2.45) is 5.41 Å². The van der Waals surface area contributed by atoms with E-state index in [1.165, 1.54) is 0 Å². The zero-order valence-corrected chi connectivity index (χ0v) is 7.60. The van der Waals surface area contributed by atoms with Gasteiger partial charge in [-0.3, -0.25) is 20.2 Å². The first-order valence-electron chi connectivity index (χ1n) is 3.98. The first kappa shape index (κ1) is 9.19. The molecule has 0 aromatic carbocycles. The molecule has 4 nitrogen and oxygen atoms in total.